The summed E-state index contributed by atoms with van der Waals surface area (Å²) in [7, 11) is 1.35. The van der Waals surface area contributed by atoms with Crippen molar-refractivity contribution in [2.24, 2.45) is 4.99 Å². The highest BCUT2D eigenvalue weighted by molar-refractivity contribution is 7.16. The second-order valence-corrected chi connectivity index (χ2v) is 5.84. The predicted molar refractivity (Wildman–Crippen MR) is 82.2 cm³/mol. The standard InChI is InChI=1S/C15H18N2O3S/c1-5-12(18)16-15-17(8-13(19)20-4)14-10(3)6-9(2)7-11(14)21-15/h6-7H,5,8H2,1-4H3. The maximum atomic E-state index is 11.6. The Bertz CT molecular complexity index is 771. The SMILES string of the molecule is CCC(=O)N=c1sc2cc(C)cc(C)c2n1CC(=O)OC. The van der Waals surface area contributed by atoms with E-state index >= 15 is 0 Å². The molecule has 1 aromatic carbocycles. The Morgan fingerprint density at radius 2 is 2.05 bits per heavy atom. The second-order valence-electron chi connectivity index (χ2n) is 4.83. The number of carbonyl (C=O) groups excluding carboxylic acids is 2. The summed E-state index contributed by atoms with van der Waals surface area (Å²) in [5, 5.41) is 0. The first kappa shape index (κ1) is 15.4. The maximum Gasteiger partial charge on any atom is 0.325 e. The van der Waals surface area contributed by atoms with Crippen molar-refractivity contribution in [1.82, 2.24) is 4.57 Å². The van der Waals surface area contributed by atoms with Crippen LogP contribution in [0, 0.1) is 13.8 Å². The smallest absolute Gasteiger partial charge is 0.325 e. The van der Waals surface area contributed by atoms with Crippen molar-refractivity contribution in [2.45, 2.75) is 33.7 Å². The molecule has 112 valence electrons. The molecule has 5 nitrogen and oxygen atoms in total. The van der Waals surface area contributed by atoms with Crippen molar-refractivity contribution >= 4 is 33.4 Å². The third kappa shape index (κ3) is 3.21. The lowest BCUT2D eigenvalue weighted by molar-refractivity contribution is -0.141. The van der Waals surface area contributed by atoms with E-state index < -0.39 is 0 Å². The Hall–Kier alpha value is -1.95. The van der Waals surface area contributed by atoms with Gasteiger partial charge < -0.3 is 9.30 Å². The quantitative estimate of drug-likeness (QED) is 0.818. The number of aromatic nitrogens is 1. The minimum Gasteiger partial charge on any atom is -0.468 e. The summed E-state index contributed by atoms with van der Waals surface area (Å²) in [5.74, 6) is -0.561. The van der Waals surface area contributed by atoms with Crippen LogP contribution >= 0.6 is 11.3 Å². The van der Waals surface area contributed by atoms with Crippen LogP contribution in [0.4, 0.5) is 0 Å². The lowest BCUT2D eigenvalue weighted by Crippen LogP contribution is -2.22. The molecule has 0 bridgehead atoms. The molecule has 0 aliphatic rings. The summed E-state index contributed by atoms with van der Waals surface area (Å²) in [6, 6.07) is 4.09. The number of thiazole rings is 1. The number of carbonyl (C=O) groups is 2. The Morgan fingerprint density at radius 1 is 1.33 bits per heavy atom. The van der Waals surface area contributed by atoms with E-state index in [0.717, 1.165) is 21.3 Å². The zero-order chi connectivity index (χ0) is 15.6. The molecule has 0 atom stereocenters. The van der Waals surface area contributed by atoms with E-state index in [9.17, 15) is 9.59 Å². The normalized spacial score (nSPS) is 11.9. The van der Waals surface area contributed by atoms with Crippen molar-refractivity contribution in [1.29, 1.82) is 0 Å². The first-order valence-corrected chi connectivity index (χ1v) is 7.52. The average Bonchev–Trinajstić information content (AvgIpc) is 2.76. The molecule has 0 fully saturated rings. The number of benzene rings is 1. The number of esters is 1. The molecule has 0 radical (unpaired) electrons. The van der Waals surface area contributed by atoms with Crippen LogP contribution in [-0.2, 0) is 20.9 Å². The molecule has 0 aliphatic carbocycles. The van der Waals surface area contributed by atoms with Gasteiger partial charge in [0.05, 0.1) is 17.3 Å². The Balaban J connectivity index is 2.75. The molecule has 0 N–H and O–H groups in total. The van der Waals surface area contributed by atoms with Crippen LogP contribution in [0.25, 0.3) is 10.2 Å². The highest BCUT2D eigenvalue weighted by Crippen LogP contribution is 2.23. The van der Waals surface area contributed by atoms with Crippen molar-refractivity contribution < 1.29 is 14.3 Å². The largest absolute Gasteiger partial charge is 0.468 e. The van der Waals surface area contributed by atoms with Crippen molar-refractivity contribution in [3.8, 4) is 0 Å². The molecular weight excluding hydrogens is 288 g/mol. The van der Waals surface area contributed by atoms with Crippen LogP contribution in [0.2, 0.25) is 0 Å². The molecule has 0 spiro atoms. The molecule has 1 heterocycles. The zero-order valence-corrected chi connectivity index (χ0v) is 13.4. The van der Waals surface area contributed by atoms with E-state index in [2.05, 4.69) is 4.99 Å². The number of rotatable bonds is 3. The average molecular weight is 306 g/mol. The Labute approximate surface area is 126 Å². The molecule has 0 aliphatic heterocycles. The zero-order valence-electron chi connectivity index (χ0n) is 12.6. The number of hydrogen-bond acceptors (Lipinski definition) is 4. The maximum absolute atomic E-state index is 11.6. The third-order valence-electron chi connectivity index (χ3n) is 3.15. The highest BCUT2D eigenvalue weighted by atomic mass is 32.1. The number of methoxy groups -OCH3 is 1. The van der Waals surface area contributed by atoms with Gasteiger partial charge in [-0.2, -0.15) is 4.99 Å². The molecule has 0 unspecified atom stereocenters. The summed E-state index contributed by atoms with van der Waals surface area (Å²) in [4.78, 5) is 27.9. The lowest BCUT2D eigenvalue weighted by Gasteiger charge is -2.06. The first-order chi connectivity index (χ1) is 9.96. The summed E-state index contributed by atoms with van der Waals surface area (Å²) in [6.45, 7) is 5.82. The van der Waals surface area contributed by atoms with Crippen LogP contribution in [0.15, 0.2) is 17.1 Å². The summed E-state index contributed by atoms with van der Waals surface area (Å²) in [5.41, 5.74) is 3.12. The van der Waals surface area contributed by atoms with Gasteiger partial charge in [-0.3, -0.25) is 9.59 Å². The minimum absolute atomic E-state index is 0.0518. The van der Waals surface area contributed by atoms with Gasteiger partial charge in [-0.25, -0.2) is 0 Å². The molecule has 6 heteroatoms. The summed E-state index contributed by atoms with van der Waals surface area (Å²) < 4.78 is 7.51. The van der Waals surface area contributed by atoms with Gasteiger partial charge in [0, 0.05) is 6.42 Å². The number of nitrogens with zero attached hydrogens (tertiary/aromatic N) is 2. The van der Waals surface area contributed by atoms with E-state index in [1.165, 1.54) is 18.4 Å². The molecular formula is C15H18N2O3S. The highest BCUT2D eigenvalue weighted by Gasteiger charge is 2.13. The van der Waals surface area contributed by atoms with Gasteiger partial charge in [-0.05, 0) is 31.0 Å². The van der Waals surface area contributed by atoms with Crippen LogP contribution in [0.5, 0.6) is 0 Å². The van der Waals surface area contributed by atoms with Gasteiger partial charge in [-0.15, -0.1) is 0 Å². The third-order valence-corrected chi connectivity index (χ3v) is 4.17. The summed E-state index contributed by atoms with van der Waals surface area (Å²) in [6.07, 6.45) is 0.338. The topological polar surface area (TPSA) is 60.7 Å². The molecule has 0 saturated heterocycles. The number of ether oxygens (including phenoxy) is 1. The number of hydrogen-bond donors (Lipinski definition) is 0. The Morgan fingerprint density at radius 3 is 2.67 bits per heavy atom. The van der Waals surface area contributed by atoms with Crippen LogP contribution in [0.1, 0.15) is 24.5 Å². The fourth-order valence-electron chi connectivity index (χ4n) is 2.20. The molecule has 0 saturated carbocycles. The van der Waals surface area contributed by atoms with E-state index in [-0.39, 0.29) is 18.4 Å². The number of amides is 1. The summed E-state index contributed by atoms with van der Waals surface area (Å²) >= 11 is 1.42. The first-order valence-electron chi connectivity index (χ1n) is 6.71. The van der Waals surface area contributed by atoms with Crippen molar-refractivity contribution in [2.75, 3.05) is 7.11 Å². The minimum atomic E-state index is -0.361. The fourth-order valence-corrected chi connectivity index (χ4v) is 3.43. The molecule has 2 aromatic rings. The molecule has 1 amide bonds. The van der Waals surface area contributed by atoms with Gasteiger partial charge in [-0.1, -0.05) is 24.3 Å². The molecule has 2 rings (SSSR count). The van der Waals surface area contributed by atoms with Crippen molar-refractivity contribution in [3.05, 3.63) is 28.1 Å². The van der Waals surface area contributed by atoms with E-state index in [1.807, 2.05) is 26.0 Å². The second kappa shape index (κ2) is 6.22. The van der Waals surface area contributed by atoms with E-state index in [0.29, 0.717) is 11.2 Å². The molecule has 1 aromatic heterocycles. The van der Waals surface area contributed by atoms with Gasteiger partial charge >= 0.3 is 5.97 Å². The Kier molecular flexibility index (Phi) is 4.57. The predicted octanol–water partition coefficient (Wildman–Crippen LogP) is 2.33. The van der Waals surface area contributed by atoms with Gasteiger partial charge in [0.2, 0.25) is 5.91 Å². The fraction of sp³-hybridized carbons (Fsp3) is 0.400. The van der Waals surface area contributed by atoms with Crippen LogP contribution in [-0.4, -0.2) is 23.6 Å². The molecule has 21 heavy (non-hydrogen) atoms. The van der Waals surface area contributed by atoms with Crippen LogP contribution < -0.4 is 4.80 Å². The number of fused-ring (bicyclic) bond motifs is 1. The monoisotopic (exact) mass is 306 g/mol. The van der Waals surface area contributed by atoms with Gasteiger partial charge in [0.25, 0.3) is 0 Å². The van der Waals surface area contributed by atoms with Crippen LogP contribution in [0.3, 0.4) is 0 Å². The van der Waals surface area contributed by atoms with E-state index in [4.69, 9.17) is 4.74 Å². The van der Waals surface area contributed by atoms with E-state index in [1.54, 1.807) is 11.5 Å². The number of aryl methyl sites for hydroxylation is 2. The lowest BCUT2D eigenvalue weighted by atomic mass is 10.1. The van der Waals surface area contributed by atoms with Crippen molar-refractivity contribution in [3.63, 3.8) is 0 Å². The van der Waals surface area contributed by atoms with Gasteiger partial charge in [0.1, 0.15) is 6.54 Å². The van der Waals surface area contributed by atoms with Gasteiger partial charge in [0.15, 0.2) is 4.80 Å².